The maximum atomic E-state index is 12.1. The van der Waals surface area contributed by atoms with Crippen LogP contribution in [0.2, 0.25) is 0 Å². The largest absolute Gasteiger partial charge is 0.393 e. The molecule has 0 aliphatic carbocycles. The van der Waals surface area contributed by atoms with Gasteiger partial charge in [-0.15, -0.1) is 0 Å². The van der Waals surface area contributed by atoms with Crippen LogP contribution >= 0.6 is 12.2 Å². The van der Waals surface area contributed by atoms with Crippen molar-refractivity contribution in [3.8, 4) is 0 Å². The summed E-state index contributed by atoms with van der Waals surface area (Å²) in [5.74, 6) is 0.124. The van der Waals surface area contributed by atoms with Gasteiger partial charge in [-0.25, -0.2) is 0 Å². The van der Waals surface area contributed by atoms with E-state index in [9.17, 15) is 9.59 Å². The summed E-state index contributed by atoms with van der Waals surface area (Å²) in [6.07, 6.45) is 2.25. The first-order chi connectivity index (χ1) is 8.49. The summed E-state index contributed by atoms with van der Waals surface area (Å²) in [6, 6.07) is 0.232. The van der Waals surface area contributed by atoms with E-state index in [4.69, 9.17) is 18.0 Å². The van der Waals surface area contributed by atoms with Crippen LogP contribution in [0.25, 0.3) is 0 Å². The van der Waals surface area contributed by atoms with Crippen LogP contribution in [0.4, 0.5) is 0 Å². The van der Waals surface area contributed by atoms with Crippen LogP contribution < -0.4 is 11.1 Å². The first-order valence-corrected chi connectivity index (χ1v) is 6.77. The fourth-order valence-corrected chi connectivity index (χ4v) is 2.81. The SMILES string of the molecule is CC(C(=O)N1CCC2NC(=O)CCC2C1)C(N)=S. The molecule has 0 aromatic heterocycles. The number of thiocarbonyl (C=S) groups is 1. The third-order valence-corrected chi connectivity index (χ3v) is 4.28. The van der Waals surface area contributed by atoms with Gasteiger partial charge in [-0.05, 0) is 25.7 Å². The first-order valence-electron chi connectivity index (χ1n) is 6.36. The molecule has 3 N–H and O–H groups in total. The Hall–Kier alpha value is -1.17. The van der Waals surface area contributed by atoms with Gasteiger partial charge in [0.1, 0.15) is 0 Å². The number of carbonyl (C=O) groups excluding carboxylic acids is 2. The van der Waals surface area contributed by atoms with E-state index in [1.165, 1.54) is 0 Å². The molecule has 0 bridgehead atoms. The Morgan fingerprint density at radius 1 is 1.56 bits per heavy atom. The van der Waals surface area contributed by atoms with Crippen molar-refractivity contribution in [2.45, 2.75) is 32.2 Å². The maximum Gasteiger partial charge on any atom is 0.232 e. The Labute approximate surface area is 112 Å². The lowest BCUT2D eigenvalue weighted by Gasteiger charge is -2.42. The summed E-state index contributed by atoms with van der Waals surface area (Å²) in [4.78, 5) is 25.5. The minimum absolute atomic E-state index is 0.0119. The number of piperidine rings is 2. The Morgan fingerprint density at radius 2 is 2.28 bits per heavy atom. The number of amides is 2. The van der Waals surface area contributed by atoms with Crippen molar-refractivity contribution in [3.63, 3.8) is 0 Å². The zero-order valence-electron chi connectivity index (χ0n) is 10.5. The predicted octanol–water partition coefficient (Wildman–Crippen LogP) is 0.0357. The first kappa shape index (κ1) is 13.3. The van der Waals surface area contributed by atoms with Crippen LogP contribution in [0, 0.1) is 11.8 Å². The molecule has 6 heteroatoms. The van der Waals surface area contributed by atoms with E-state index in [2.05, 4.69) is 5.32 Å². The van der Waals surface area contributed by atoms with Crippen LogP contribution in [0.15, 0.2) is 0 Å². The number of rotatable bonds is 2. The van der Waals surface area contributed by atoms with Gasteiger partial charge in [-0.1, -0.05) is 12.2 Å². The van der Waals surface area contributed by atoms with E-state index in [1.807, 2.05) is 4.90 Å². The number of fused-ring (bicyclic) bond motifs is 1. The standard InChI is InChI=1S/C12H19N3O2S/c1-7(11(13)18)12(17)15-5-4-9-8(6-15)2-3-10(16)14-9/h7-9H,2-6H2,1H3,(H2,13,18)(H,14,16). The van der Waals surface area contributed by atoms with Crippen LogP contribution in [0.5, 0.6) is 0 Å². The van der Waals surface area contributed by atoms with Gasteiger partial charge in [0.05, 0.1) is 10.9 Å². The van der Waals surface area contributed by atoms with E-state index in [-0.39, 0.29) is 22.8 Å². The zero-order chi connectivity index (χ0) is 13.3. The summed E-state index contributed by atoms with van der Waals surface area (Å²) in [7, 11) is 0. The van der Waals surface area contributed by atoms with E-state index >= 15 is 0 Å². The molecule has 2 fully saturated rings. The number of hydrogen-bond donors (Lipinski definition) is 2. The summed E-state index contributed by atoms with van der Waals surface area (Å²) in [5.41, 5.74) is 5.52. The number of hydrogen-bond acceptors (Lipinski definition) is 3. The van der Waals surface area contributed by atoms with Crippen molar-refractivity contribution in [2.75, 3.05) is 13.1 Å². The molecule has 18 heavy (non-hydrogen) atoms. The topological polar surface area (TPSA) is 75.4 Å². The molecular weight excluding hydrogens is 250 g/mol. The lowest BCUT2D eigenvalue weighted by molar-refractivity contribution is -0.136. The van der Waals surface area contributed by atoms with Crippen LogP contribution in [-0.4, -0.2) is 40.8 Å². The molecule has 5 nitrogen and oxygen atoms in total. The fourth-order valence-electron chi connectivity index (χ4n) is 2.71. The molecule has 2 amide bonds. The third kappa shape index (κ3) is 2.63. The number of carbonyl (C=O) groups is 2. The average molecular weight is 269 g/mol. The minimum Gasteiger partial charge on any atom is -0.393 e. The maximum absolute atomic E-state index is 12.1. The van der Waals surface area contributed by atoms with Crippen molar-refractivity contribution >= 4 is 29.0 Å². The minimum atomic E-state index is -0.394. The quantitative estimate of drug-likeness (QED) is 0.694. The smallest absolute Gasteiger partial charge is 0.232 e. The van der Waals surface area contributed by atoms with Gasteiger partial charge in [0.2, 0.25) is 11.8 Å². The predicted molar refractivity (Wildman–Crippen MR) is 71.8 cm³/mol. The Kier molecular flexibility index (Phi) is 3.85. The molecule has 2 saturated heterocycles. The molecule has 3 unspecified atom stereocenters. The molecular formula is C12H19N3O2S. The molecule has 2 aliphatic rings. The van der Waals surface area contributed by atoms with Crippen molar-refractivity contribution in [3.05, 3.63) is 0 Å². The van der Waals surface area contributed by atoms with Crippen molar-refractivity contribution in [1.82, 2.24) is 10.2 Å². The molecule has 2 rings (SSSR count). The van der Waals surface area contributed by atoms with Crippen molar-refractivity contribution in [1.29, 1.82) is 0 Å². The Balaban J connectivity index is 1.97. The summed E-state index contributed by atoms with van der Waals surface area (Å²) >= 11 is 4.87. The number of nitrogens with one attached hydrogen (secondary N) is 1. The van der Waals surface area contributed by atoms with Gasteiger partial charge in [0.25, 0.3) is 0 Å². The van der Waals surface area contributed by atoms with E-state index in [1.54, 1.807) is 6.92 Å². The zero-order valence-corrected chi connectivity index (χ0v) is 11.3. The van der Waals surface area contributed by atoms with E-state index in [0.29, 0.717) is 25.4 Å². The highest BCUT2D eigenvalue weighted by Crippen LogP contribution is 2.26. The van der Waals surface area contributed by atoms with Crippen LogP contribution in [0.3, 0.4) is 0 Å². The van der Waals surface area contributed by atoms with Crippen LogP contribution in [0.1, 0.15) is 26.2 Å². The second-order valence-electron chi connectivity index (χ2n) is 5.17. The lowest BCUT2D eigenvalue weighted by atomic mass is 9.85. The molecule has 0 spiro atoms. The van der Waals surface area contributed by atoms with E-state index in [0.717, 1.165) is 12.8 Å². The van der Waals surface area contributed by atoms with Crippen molar-refractivity contribution in [2.24, 2.45) is 17.6 Å². The second kappa shape index (κ2) is 5.22. The van der Waals surface area contributed by atoms with Gasteiger partial charge in [-0.3, -0.25) is 9.59 Å². The third-order valence-electron chi connectivity index (χ3n) is 3.93. The highest BCUT2D eigenvalue weighted by Gasteiger charge is 2.36. The molecule has 2 heterocycles. The monoisotopic (exact) mass is 269 g/mol. The Morgan fingerprint density at radius 3 is 2.94 bits per heavy atom. The molecule has 0 saturated carbocycles. The van der Waals surface area contributed by atoms with Gasteiger partial charge in [-0.2, -0.15) is 0 Å². The summed E-state index contributed by atoms with van der Waals surface area (Å²) in [6.45, 7) is 3.13. The van der Waals surface area contributed by atoms with Gasteiger partial charge >= 0.3 is 0 Å². The molecule has 0 aromatic carbocycles. The highest BCUT2D eigenvalue weighted by molar-refractivity contribution is 7.80. The van der Waals surface area contributed by atoms with E-state index < -0.39 is 5.92 Å². The average Bonchev–Trinajstić information content (AvgIpc) is 2.36. The highest BCUT2D eigenvalue weighted by atomic mass is 32.1. The molecule has 0 aromatic rings. The molecule has 100 valence electrons. The summed E-state index contributed by atoms with van der Waals surface area (Å²) in [5, 5.41) is 3.00. The van der Waals surface area contributed by atoms with Gasteiger partial charge in [0, 0.05) is 25.6 Å². The number of likely N-dealkylation sites (tertiary alicyclic amines) is 1. The number of nitrogens with zero attached hydrogens (tertiary/aromatic N) is 1. The van der Waals surface area contributed by atoms with Gasteiger partial charge < -0.3 is 16.0 Å². The normalized spacial score (nSPS) is 29.2. The van der Waals surface area contributed by atoms with Crippen LogP contribution in [-0.2, 0) is 9.59 Å². The van der Waals surface area contributed by atoms with Crippen molar-refractivity contribution < 1.29 is 9.59 Å². The molecule has 3 atom stereocenters. The fraction of sp³-hybridized carbons (Fsp3) is 0.750. The van der Waals surface area contributed by atoms with Gasteiger partial charge in [0.15, 0.2) is 0 Å². The molecule has 2 aliphatic heterocycles. The second-order valence-corrected chi connectivity index (χ2v) is 5.64. The Bertz CT molecular complexity index is 386. The summed E-state index contributed by atoms with van der Waals surface area (Å²) < 4.78 is 0. The lowest BCUT2D eigenvalue weighted by Crippen LogP contribution is -2.56. The number of nitrogens with two attached hydrogens (primary N) is 1. The molecule has 0 radical (unpaired) electrons.